The highest BCUT2D eigenvalue weighted by Gasteiger charge is 2.33. The van der Waals surface area contributed by atoms with Gasteiger partial charge < -0.3 is 29.2 Å². The van der Waals surface area contributed by atoms with Crippen molar-refractivity contribution in [2.45, 2.75) is 32.1 Å². The number of allylic oxidation sites excluding steroid dienone is 1. The number of ether oxygens (including phenoxy) is 4. The summed E-state index contributed by atoms with van der Waals surface area (Å²) < 4.78 is 21.8. The van der Waals surface area contributed by atoms with Crippen LogP contribution in [0, 0.1) is 0 Å². The molecule has 1 aromatic carbocycles. The van der Waals surface area contributed by atoms with Gasteiger partial charge in [0.2, 0.25) is 6.79 Å². The number of H-pyrrole nitrogens is 1. The molecule has 2 aliphatic rings. The lowest BCUT2D eigenvalue weighted by Crippen LogP contribution is -2.32. The quantitative estimate of drug-likeness (QED) is 0.706. The average molecular weight is 426 g/mol. The number of carbonyl (C=O) groups is 1. The van der Waals surface area contributed by atoms with Crippen LogP contribution in [0.25, 0.3) is 5.76 Å². The van der Waals surface area contributed by atoms with Gasteiger partial charge in [0, 0.05) is 13.0 Å². The summed E-state index contributed by atoms with van der Waals surface area (Å²) in [5, 5.41) is 2.84. The van der Waals surface area contributed by atoms with Crippen molar-refractivity contribution < 1.29 is 23.7 Å². The zero-order valence-electron chi connectivity index (χ0n) is 17.9. The Hall–Kier alpha value is -3.42. The molecule has 0 radical (unpaired) electrons. The molecular weight excluding hydrogens is 400 g/mol. The van der Waals surface area contributed by atoms with Gasteiger partial charge in [0.15, 0.2) is 17.3 Å². The Morgan fingerprint density at radius 2 is 2.10 bits per heavy atom. The molecule has 1 amide bonds. The summed E-state index contributed by atoms with van der Waals surface area (Å²) in [5.41, 5.74) is 2.08. The zero-order chi connectivity index (χ0) is 22.0. The van der Waals surface area contributed by atoms with E-state index in [0.717, 1.165) is 23.3 Å². The van der Waals surface area contributed by atoms with Crippen molar-refractivity contribution in [2.24, 2.45) is 0 Å². The Kier molecular flexibility index (Phi) is 5.88. The Labute approximate surface area is 180 Å². The summed E-state index contributed by atoms with van der Waals surface area (Å²) in [4.78, 5) is 28.3. The second-order valence-corrected chi connectivity index (χ2v) is 7.47. The third-order valence-corrected chi connectivity index (χ3v) is 5.76. The molecule has 31 heavy (non-hydrogen) atoms. The number of rotatable bonds is 7. The smallest absolute Gasteiger partial charge is 0.261 e. The predicted octanol–water partition coefficient (Wildman–Crippen LogP) is 2.93. The van der Waals surface area contributed by atoms with Crippen LogP contribution in [-0.2, 0) is 15.9 Å². The number of aromatic amines is 1. The molecule has 1 atom stereocenters. The Morgan fingerprint density at radius 1 is 1.26 bits per heavy atom. The van der Waals surface area contributed by atoms with E-state index in [2.05, 4.69) is 17.2 Å². The van der Waals surface area contributed by atoms with E-state index < -0.39 is 11.5 Å². The fourth-order valence-electron chi connectivity index (χ4n) is 4.15. The summed E-state index contributed by atoms with van der Waals surface area (Å²) in [7, 11) is 3.16. The second-order valence-electron chi connectivity index (χ2n) is 7.47. The number of hydrogen-bond donors (Lipinski definition) is 2. The maximum Gasteiger partial charge on any atom is 0.261 e. The molecule has 1 aromatic heterocycles. The number of fused-ring (bicyclic) bond motifs is 2. The van der Waals surface area contributed by atoms with Crippen molar-refractivity contribution >= 4 is 11.7 Å². The van der Waals surface area contributed by atoms with Crippen LogP contribution in [0.2, 0.25) is 0 Å². The summed E-state index contributed by atoms with van der Waals surface area (Å²) in [6.45, 7) is 2.57. The number of hydrogen-bond acceptors (Lipinski definition) is 6. The minimum atomic E-state index is -0.450. The fraction of sp³-hybridized carbons (Fsp3) is 0.391. The number of amides is 1. The molecule has 164 valence electrons. The highest BCUT2D eigenvalue weighted by atomic mass is 16.7. The van der Waals surface area contributed by atoms with E-state index in [0.29, 0.717) is 42.3 Å². The third kappa shape index (κ3) is 3.85. The first kappa shape index (κ1) is 20.8. The molecule has 0 saturated heterocycles. The average Bonchev–Trinajstić information content (AvgIpc) is 3.26. The van der Waals surface area contributed by atoms with Crippen LogP contribution in [-0.4, -0.2) is 38.4 Å². The maximum atomic E-state index is 12.8. The van der Waals surface area contributed by atoms with Crippen molar-refractivity contribution in [1.82, 2.24) is 10.3 Å². The summed E-state index contributed by atoms with van der Waals surface area (Å²) in [5.74, 6) is 2.35. The van der Waals surface area contributed by atoms with Crippen LogP contribution in [0.5, 0.6) is 11.5 Å². The molecule has 1 aliphatic carbocycles. The van der Waals surface area contributed by atoms with Gasteiger partial charge in [-0.1, -0.05) is 19.1 Å². The van der Waals surface area contributed by atoms with Gasteiger partial charge in [-0.25, -0.2) is 0 Å². The lowest BCUT2D eigenvalue weighted by Gasteiger charge is -2.23. The summed E-state index contributed by atoms with van der Waals surface area (Å²) >= 11 is 0. The third-order valence-electron chi connectivity index (χ3n) is 5.76. The van der Waals surface area contributed by atoms with E-state index in [-0.39, 0.29) is 18.3 Å². The molecule has 0 fully saturated rings. The number of para-hydroxylation sites is 1. The maximum absolute atomic E-state index is 12.8. The molecule has 1 unspecified atom stereocenters. The Morgan fingerprint density at radius 3 is 2.84 bits per heavy atom. The van der Waals surface area contributed by atoms with Gasteiger partial charge in [-0.2, -0.15) is 0 Å². The van der Waals surface area contributed by atoms with E-state index in [4.69, 9.17) is 18.9 Å². The highest BCUT2D eigenvalue weighted by Crippen LogP contribution is 2.42. The van der Waals surface area contributed by atoms with Crippen molar-refractivity contribution in [3.05, 3.63) is 62.8 Å². The van der Waals surface area contributed by atoms with Gasteiger partial charge in [0.05, 0.1) is 19.9 Å². The number of carbonyl (C=O) groups excluding carboxylic acids is 1. The van der Waals surface area contributed by atoms with Gasteiger partial charge in [-0.3, -0.25) is 9.59 Å². The highest BCUT2D eigenvalue weighted by molar-refractivity contribution is 5.94. The zero-order valence-corrected chi connectivity index (χ0v) is 17.9. The van der Waals surface area contributed by atoms with Crippen molar-refractivity contribution in [3.8, 4) is 11.5 Å². The minimum absolute atomic E-state index is 0.0952. The fourth-order valence-corrected chi connectivity index (χ4v) is 4.15. The molecule has 0 bridgehead atoms. The molecule has 8 heteroatoms. The Balaban J connectivity index is 1.52. The summed E-state index contributed by atoms with van der Waals surface area (Å²) in [6, 6.07) is 7.29. The largest absolute Gasteiger partial charge is 0.493 e. The SMILES string of the molecule is CCC1CC2=C(OCO2)c2[nH]c(=O)c(C(=O)NCCc3cccc(OC)c3OC)cc21. The number of benzene rings is 1. The van der Waals surface area contributed by atoms with Gasteiger partial charge in [-0.15, -0.1) is 0 Å². The van der Waals surface area contributed by atoms with Crippen LogP contribution in [0.3, 0.4) is 0 Å². The molecule has 1 aliphatic heterocycles. The van der Waals surface area contributed by atoms with E-state index in [9.17, 15) is 9.59 Å². The molecule has 2 aromatic rings. The van der Waals surface area contributed by atoms with E-state index in [1.54, 1.807) is 20.3 Å². The number of nitrogens with one attached hydrogen (secondary N) is 2. The van der Waals surface area contributed by atoms with E-state index in [1.807, 2.05) is 18.2 Å². The molecule has 2 N–H and O–H groups in total. The van der Waals surface area contributed by atoms with Crippen molar-refractivity contribution in [2.75, 3.05) is 27.6 Å². The van der Waals surface area contributed by atoms with Gasteiger partial charge in [0.1, 0.15) is 11.3 Å². The van der Waals surface area contributed by atoms with Gasteiger partial charge in [-0.05, 0) is 42.0 Å². The van der Waals surface area contributed by atoms with Crippen LogP contribution in [0.4, 0.5) is 0 Å². The number of aromatic nitrogens is 1. The molecule has 0 spiro atoms. The normalized spacial score (nSPS) is 16.7. The van der Waals surface area contributed by atoms with Crippen LogP contribution in [0.1, 0.15) is 52.9 Å². The number of methoxy groups -OCH3 is 2. The lowest BCUT2D eigenvalue weighted by molar-refractivity contribution is 0.0841. The van der Waals surface area contributed by atoms with Gasteiger partial charge >= 0.3 is 0 Å². The molecule has 0 saturated carbocycles. The molecule has 2 heterocycles. The standard InChI is InChI=1S/C23H26N2O6/c1-4-13-10-18-21(31-12-30-18)19-15(13)11-16(23(27)25-19)22(26)24-9-8-14-6-5-7-17(28-2)20(14)29-3/h5-7,11,13H,4,8-10,12H2,1-3H3,(H,24,26)(H,25,27). The summed E-state index contributed by atoms with van der Waals surface area (Å²) in [6.07, 6.45) is 2.09. The Bertz CT molecular complexity index is 1090. The first-order valence-corrected chi connectivity index (χ1v) is 10.3. The van der Waals surface area contributed by atoms with Crippen LogP contribution in [0.15, 0.2) is 34.8 Å². The lowest BCUT2D eigenvalue weighted by atomic mass is 9.85. The van der Waals surface area contributed by atoms with Crippen molar-refractivity contribution in [1.29, 1.82) is 0 Å². The van der Waals surface area contributed by atoms with Crippen LogP contribution >= 0.6 is 0 Å². The van der Waals surface area contributed by atoms with Crippen molar-refractivity contribution in [3.63, 3.8) is 0 Å². The van der Waals surface area contributed by atoms with Gasteiger partial charge in [0.25, 0.3) is 11.5 Å². The van der Waals surface area contributed by atoms with E-state index >= 15 is 0 Å². The first-order chi connectivity index (χ1) is 15.1. The van der Waals surface area contributed by atoms with Crippen LogP contribution < -0.4 is 20.3 Å². The topological polar surface area (TPSA) is 98.9 Å². The number of pyridine rings is 1. The monoisotopic (exact) mass is 426 g/mol. The minimum Gasteiger partial charge on any atom is -0.493 e. The molecule has 8 nitrogen and oxygen atoms in total. The van der Waals surface area contributed by atoms with E-state index in [1.165, 1.54) is 0 Å². The molecule has 4 rings (SSSR count). The predicted molar refractivity (Wildman–Crippen MR) is 114 cm³/mol. The molecular formula is C23H26N2O6. The first-order valence-electron chi connectivity index (χ1n) is 10.3. The second kappa shape index (κ2) is 8.75.